The number of rotatable bonds is 1. The number of anilines is 1. The van der Waals surface area contributed by atoms with Crippen molar-refractivity contribution in [2.75, 3.05) is 31.5 Å². The third kappa shape index (κ3) is 2.25. The fourth-order valence-electron chi connectivity index (χ4n) is 4.53. The Morgan fingerprint density at radius 1 is 1.38 bits per heavy atom. The van der Waals surface area contributed by atoms with Gasteiger partial charge in [-0.25, -0.2) is 9.98 Å². The second-order valence-corrected chi connectivity index (χ2v) is 8.96. The van der Waals surface area contributed by atoms with Crippen LogP contribution >= 0.6 is 22.9 Å². The zero-order valence-corrected chi connectivity index (χ0v) is 15.2. The lowest BCUT2D eigenvalue weighted by molar-refractivity contribution is -0.845. The monoisotopic (exact) mass is 361 g/mol. The van der Waals surface area contributed by atoms with Crippen molar-refractivity contribution in [3.05, 3.63) is 23.2 Å². The van der Waals surface area contributed by atoms with Gasteiger partial charge in [0.25, 0.3) is 6.02 Å². The molecule has 1 unspecified atom stereocenters. The lowest BCUT2D eigenvalue weighted by Gasteiger charge is -2.55. The predicted octanol–water partition coefficient (Wildman–Crippen LogP) is 2.28. The molecule has 3 saturated heterocycles. The second-order valence-electron chi connectivity index (χ2n) is 7.52. The van der Waals surface area contributed by atoms with Gasteiger partial charge in [0, 0.05) is 18.8 Å². The van der Waals surface area contributed by atoms with Gasteiger partial charge in [-0.3, -0.25) is 5.32 Å². The number of nitrogens with zero attached hydrogens (tertiary/aromatic N) is 3. The minimum atomic E-state index is -0.109. The Balaban J connectivity index is 1.36. The highest BCUT2D eigenvalue weighted by Crippen LogP contribution is 2.43. The van der Waals surface area contributed by atoms with E-state index in [4.69, 9.17) is 16.3 Å². The zero-order chi connectivity index (χ0) is 16.4. The van der Waals surface area contributed by atoms with Crippen LogP contribution in [-0.2, 0) is 4.74 Å². The molecule has 8 heteroatoms. The van der Waals surface area contributed by atoms with Gasteiger partial charge in [-0.2, -0.15) is 0 Å². The Kier molecular flexibility index (Phi) is 3.18. The molecule has 5 heterocycles. The molecule has 0 saturated carbocycles. The summed E-state index contributed by atoms with van der Waals surface area (Å²) in [4.78, 5) is 9.24. The number of quaternary nitrogens is 1. The molecule has 4 aliphatic rings. The van der Waals surface area contributed by atoms with Crippen molar-refractivity contribution >= 4 is 52.3 Å². The van der Waals surface area contributed by atoms with Crippen LogP contribution in [0.5, 0.6) is 0 Å². The van der Waals surface area contributed by atoms with Gasteiger partial charge in [0.1, 0.15) is 12.1 Å². The van der Waals surface area contributed by atoms with Crippen molar-refractivity contribution < 1.29 is 9.13 Å². The van der Waals surface area contributed by atoms with Crippen LogP contribution in [0.3, 0.4) is 0 Å². The van der Waals surface area contributed by atoms with Gasteiger partial charge in [-0.05, 0) is 12.1 Å². The number of ether oxygens (including phenoxy) is 1. The highest BCUT2D eigenvalue weighted by atomic mass is 35.5. The molecule has 1 atom stereocenters. The van der Waals surface area contributed by atoms with Crippen molar-refractivity contribution in [1.29, 1.82) is 0 Å². The summed E-state index contributed by atoms with van der Waals surface area (Å²) in [5.74, 6) is 0.630. The number of hydrogen-bond acceptors (Lipinski definition) is 5. The summed E-state index contributed by atoms with van der Waals surface area (Å²) in [6.07, 6.45) is 2.49. The number of fused-ring (bicyclic) bond motifs is 3. The van der Waals surface area contributed by atoms with Crippen LogP contribution in [0.15, 0.2) is 23.2 Å². The molecule has 24 heavy (non-hydrogen) atoms. The van der Waals surface area contributed by atoms with Crippen LogP contribution in [0.2, 0.25) is 5.02 Å². The maximum Gasteiger partial charge on any atom is 0.373 e. The molecular weight excluding hydrogens is 343 g/mol. The maximum atomic E-state index is 6.38. The summed E-state index contributed by atoms with van der Waals surface area (Å²) in [6, 6.07) is 6.46. The quantitative estimate of drug-likeness (QED) is 0.793. The molecule has 124 valence electrons. The molecule has 1 N–H and O–H groups in total. The summed E-state index contributed by atoms with van der Waals surface area (Å²) in [5, 5.41) is 4.74. The van der Waals surface area contributed by atoms with Crippen molar-refractivity contribution in [3.8, 4) is 0 Å². The molecule has 1 aromatic carbocycles. The van der Waals surface area contributed by atoms with Gasteiger partial charge in [0.15, 0.2) is 10.7 Å². The van der Waals surface area contributed by atoms with Crippen LogP contribution < -0.4 is 5.32 Å². The number of piperidine rings is 3. The van der Waals surface area contributed by atoms with E-state index in [1.165, 1.54) is 25.9 Å². The first-order chi connectivity index (χ1) is 11.6. The summed E-state index contributed by atoms with van der Waals surface area (Å²) in [7, 11) is 2.35. The van der Waals surface area contributed by atoms with Gasteiger partial charge in [-0.15, -0.1) is 0 Å². The number of thiazole rings is 1. The molecule has 4 aliphatic heterocycles. The average molecular weight is 362 g/mol. The largest absolute Gasteiger partial charge is 0.450 e. The molecule has 1 aromatic heterocycles. The van der Waals surface area contributed by atoms with E-state index in [-0.39, 0.29) is 5.60 Å². The van der Waals surface area contributed by atoms with E-state index in [0.717, 1.165) is 32.8 Å². The highest BCUT2D eigenvalue weighted by molar-refractivity contribution is 7.22. The summed E-state index contributed by atoms with van der Waals surface area (Å²) >= 11 is 7.79. The molecule has 5 nitrogen and oxygen atoms in total. The van der Waals surface area contributed by atoms with E-state index in [2.05, 4.69) is 23.3 Å². The predicted molar refractivity (Wildman–Crippen MR) is 101 cm³/mol. The normalized spacial score (nSPS) is 34.5. The van der Waals surface area contributed by atoms with Gasteiger partial charge < -0.3 is 9.13 Å². The van der Waals surface area contributed by atoms with Crippen LogP contribution in [0.4, 0.5) is 5.13 Å². The minimum Gasteiger partial charge on any atom is -0.450 e. The first-order valence-electron chi connectivity index (χ1n) is 8.44. The molecule has 0 aliphatic carbocycles. The average Bonchev–Trinajstić information content (AvgIpc) is 3.13. The third-order valence-corrected chi connectivity index (χ3v) is 7.04. The summed E-state index contributed by atoms with van der Waals surface area (Å²) < 4.78 is 8.57. The van der Waals surface area contributed by atoms with Gasteiger partial charge >= 0.3 is 7.98 Å². The lowest BCUT2D eigenvalue weighted by atomic mass is 9.72. The first-order valence-corrected chi connectivity index (χ1v) is 9.64. The summed E-state index contributed by atoms with van der Waals surface area (Å²) in [6.45, 7) is 4.38. The molecule has 6 rings (SSSR count). The third-order valence-electron chi connectivity index (χ3n) is 5.80. The number of nitrogens with one attached hydrogen (secondary N) is 1. The SMILES string of the molecule is B[N+]12CCC(CC1)C1(CN=C(Nc3nc4c(Cl)cccc4s3)O1)C2. The van der Waals surface area contributed by atoms with E-state index in [0.29, 0.717) is 17.0 Å². The summed E-state index contributed by atoms with van der Waals surface area (Å²) in [5.41, 5.74) is 0.725. The molecule has 2 bridgehead atoms. The zero-order valence-electron chi connectivity index (χ0n) is 13.6. The first kappa shape index (κ1) is 15.0. The van der Waals surface area contributed by atoms with Crippen LogP contribution in [-0.4, -0.2) is 55.2 Å². The molecule has 0 amide bonds. The van der Waals surface area contributed by atoms with E-state index in [1.807, 2.05) is 18.2 Å². The Labute approximate surface area is 150 Å². The Bertz CT molecular complexity index is 848. The van der Waals surface area contributed by atoms with E-state index < -0.39 is 0 Å². The smallest absolute Gasteiger partial charge is 0.373 e. The van der Waals surface area contributed by atoms with E-state index in [9.17, 15) is 0 Å². The van der Waals surface area contributed by atoms with E-state index in [1.54, 1.807) is 11.3 Å². The van der Waals surface area contributed by atoms with Gasteiger partial charge in [0.05, 0.1) is 29.4 Å². The van der Waals surface area contributed by atoms with E-state index >= 15 is 0 Å². The maximum absolute atomic E-state index is 6.38. The van der Waals surface area contributed by atoms with Crippen molar-refractivity contribution in [2.45, 2.75) is 18.4 Å². The van der Waals surface area contributed by atoms with Crippen LogP contribution in [0.1, 0.15) is 12.8 Å². The Morgan fingerprint density at radius 2 is 2.21 bits per heavy atom. The Hall–Kier alpha value is -1.31. The van der Waals surface area contributed by atoms with Crippen molar-refractivity contribution in [2.24, 2.45) is 10.9 Å². The number of hydrogen-bond donors (Lipinski definition) is 1. The lowest BCUT2D eigenvalue weighted by Crippen LogP contribution is -2.69. The Morgan fingerprint density at radius 3 is 2.96 bits per heavy atom. The van der Waals surface area contributed by atoms with Gasteiger partial charge in [0.2, 0.25) is 0 Å². The number of aliphatic imine (C=N–C) groups is 1. The molecule has 0 radical (unpaired) electrons. The number of aromatic nitrogens is 1. The fraction of sp³-hybridized carbons (Fsp3) is 0.500. The number of benzene rings is 1. The highest BCUT2D eigenvalue weighted by Gasteiger charge is 2.57. The second kappa shape index (κ2) is 5.10. The fourth-order valence-corrected chi connectivity index (χ4v) is 5.69. The van der Waals surface area contributed by atoms with Crippen LogP contribution in [0.25, 0.3) is 10.2 Å². The topological polar surface area (TPSA) is 46.5 Å². The van der Waals surface area contributed by atoms with Gasteiger partial charge in [-0.1, -0.05) is 29.0 Å². The molecular formula is C16H19BClN4OS+. The molecule has 3 fully saturated rings. The van der Waals surface area contributed by atoms with Crippen molar-refractivity contribution in [1.82, 2.24) is 4.98 Å². The molecule has 1 spiro atoms. The standard InChI is InChI=1S/C16H19BClN4OS/c17-22-6-4-10(5-7-22)16(9-22)8-19-14(23-16)21-15-20-13-11(18)2-1-3-12(13)24-15/h1-3,10H,4-9,17H2,(H,19,20,21)/q+1. The number of para-hydroxylation sites is 1. The number of halogens is 1. The minimum absolute atomic E-state index is 0.109. The van der Waals surface area contributed by atoms with Crippen molar-refractivity contribution in [3.63, 3.8) is 0 Å². The number of amidine groups is 1. The van der Waals surface area contributed by atoms with Crippen LogP contribution in [0, 0.1) is 5.92 Å². The molecule has 2 aromatic rings.